The van der Waals surface area contributed by atoms with Crippen molar-refractivity contribution >= 4 is 55.6 Å². The van der Waals surface area contributed by atoms with E-state index in [9.17, 15) is 4.79 Å². The molecule has 1 aliphatic heterocycles. The molecular formula is C56H72N10O2. The molecule has 0 bridgehead atoms. The molecule has 12 heteroatoms. The number of hydrogen-bond acceptors (Lipinski definition) is 7. The number of H-pyrrole nitrogens is 4. The normalized spacial score (nSPS) is 12.9. The zero-order valence-electron chi connectivity index (χ0n) is 42.8. The van der Waals surface area contributed by atoms with E-state index >= 15 is 0 Å². The zero-order chi connectivity index (χ0) is 49.8. The first-order valence-corrected chi connectivity index (χ1v) is 23.4. The molecule has 358 valence electrons. The highest BCUT2D eigenvalue weighted by molar-refractivity contribution is 5.99. The molecule has 0 radical (unpaired) electrons. The first-order valence-electron chi connectivity index (χ1n) is 23.4. The lowest BCUT2D eigenvalue weighted by Gasteiger charge is -2.19. The van der Waals surface area contributed by atoms with E-state index in [1.807, 2.05) is 24.4 Å². The molecule has 1 amide bonds. The van der Waals surface area contributed by atoms with Gasteiger partial charge in [0.2, 0.25) is 5.91 Å². The number of nitrogens with zero attached hydrogens (tertiary/aromatic N) is 5. The van der Waals surface area contributed by atoms with E-state index in [-0.39, 0.29) is 39.6 Å². The van der Waals surface area contributed by atoms with E-state index in [0.29, 0.717) is 12.2 Å². The molecule has 5 aromatic carbocycles. The predicted molar refractivity (Wildman–Crippen MR) is 280 cm³/mol. The van der Waals surface area contributed by atoms with Crippen LogP contribution in [0, 0.1) is 0 Å². The van der Waals surface area contributed by atoms with Crippen molar-refractivity contribution in [1.29, 1.82) is 0 Å². The highest BCUT2D eigenvalue weighted by Crippen LogP contribution is 2.31. The summed E-state index contributed by atoms with van der Waals surface area (Å²) in [6.07, 6.45) is 4.11. The summed E-state index contributed by atoms with van der Waals surface area (Å²) in [5.74, 6) is 0.724. The number of carbonyl (C=O) groups is 1. The molecule has 0 fully saturated rings. The number of imidazole rings is 2. The van der Waals surface area contributed by atoms with Crippen LogP contribution in [0.3, 0.4) is 0 Å². The van der Waals surface area contributed by atoms with Gasteiger partial charge in [-0.1, -0.05) is 146 Å². The Balaban J connectivity index is 0.000000140. The lowest BCUT2D eigenvalue weighted by molar-refractivity contribution is -0.115. The summed E-state index contributed by atoms with van der Waals surface area (Å²) in [7, 11) is 0. The van der Waals surface area contributed by atoms with Crippen LogP contribution in [0.15, 0.2) is 104 Å². The number of rotatable bonds is 1. The lowest BCUT2D eigenvalue weighted by atomic mass is 9.86. The molecule has 5 heterocycles. The van der Waals surface area contributed by atoms with Crippen LogP contribution in [0.5, 0.6) is 0 Å². The molecule has 10 rings (SSSR count). The monoisotopic (exact) mass is 917 g/mol. The van der Waals surface area contributed by atoms with Gasteiger partial charge in [-0.05, 0) is 109 Å². The number of aromatic amines is 4. The first-order chi connectivity index (χ1) is 31.7. The minimum atomic E-state index is -0.0421. The maximum atomic E-state index is 11.1. The fourth-order valence-corrected chi connectivity index (χ4v) is 7.40. The minimum absolute atomic E-state index is 0.0421. The molecule has 12 nitrogen and oxygen atoms in total. The summed E-state index contributed by atoms with van der Waals surface area (Å²) in [5.41, 5.74) is 16.5. The Morgan fingerprint density at radius 3 is 1.65 bits per heavy atom. The topological polar surface area (TPSA) is 177 Å². The number of nitrogens with one attached hydrogen (secondary N) is 5. The van der Waals surface area contributed by atoms with Crippen LogP contribution in [-0.4, -0.2) is 56.6 Å². The second-order valence-electron chi connectivity index (χ2n) is 22.8. The Morgan fingerprint density at radius 1 is 0.544 bits per heavy atom. The molecule has 68 heavy (non-hydrogen) atoms. The molecule has 0 saturated carbocycles. The number of carbonyl (C=O) groups excluding carboxylic acids is 1. The molecule has 0 spiro atoms. The molecule has 0 unspecified atom stereocenters. The zero-order valence-corrected chi connectivity index (χ0v) is 42.8. The second-order valence-corrected chi connectivity index (χ2v) is 22.8. The molecule has 9 aromatic rings. The van der Waals surface area contributed by atoms with E-state index in [1.54, 1.807) is 6.33 Å². The van der Waals surface area contributed by atoms with E-state index in [0.717, 1.165) is 49.9 Å². The summed E-state index contributed by atoms with van der Waals surface area (Å²) >= 11 is 0. The summed E-state index contributed by atoms with van der Waals surface area (Å²) in [6.45, 7) is 32.9. The lowest BCUT2D eigenvalue weighted by Crippen LogP contribution is -2.11. The van der Waals surface area contributed by atoms with Gasteiger partial charge in [-0.2, -0.15) is 20.5 Å². The van der Waals surface area contributed by atoms with E-state index in [2.05, 4.69) is 228 Å². The second kappa shape index (κ2) is 19.9. The Hall–Kier alpha value is -6.66. The number of anilines is 1. The fourth-order valence-electron chi connectivity index (χ4n) is 7.40. The SMILES string of the molecule is CC(C)(C)c1ccc2c(c1)NC(=O)C2.CC(C)(C)c1ccc2cn[nH]c2c1.CC(C)(C)c1ccc2n[nH]nc2c1.CC(C)(C)c1ccc2nc(CO)[nH]c2c1.CC(C)(C)c1ccc2nc[nH]c2c1. The largest absolute Gasteiger partial charge is 0.388 e. The van der Waals surface area contributed by atoms with Gasteiger partial charge in [-0.3, -0.25) is 9.89 Å². The number of fused-ring (bicyclic) bond motifs is 5. The predicted octanol–water partition coefficient (Wildman–Crippen LogP) is 12.8. The Morgan fingerprint density at radius 2 is 1.04 bits per heavy atom. The Bertz CT molecular complexity index is 2910. The average molecular weight is 917 g/mol. The van der Waals surface area contributed by atoms with Crippen LogP contribution in [0.2, 0.25) is 0 Å². The van der Waals surface area contributed by atoms with Crippen molar-refractivity contribution in [3.8, 4) is 0 Å². The molecule has 0 atom stereocenters. The van der Waals surface area contributed by atoms with Crippen molar-refractivity contribution in [2.75, 3.05) is 5.32 Å². The summed E-state index contributed by atoms with van der Waals surface area (Å²) in [4.78, 5) is 25.8. The van der Waals surface area contributed by atoms with Crippen LogP contribution in [0.1, 0.15) is 143 Å². The quantitative estimate of drug-likeness (QED) is 0.0949. The number of aromatic nitrogens is 9. The van der Waals surface area contributed by atoms with Crippen LogP contribution in [0.25, 0.3) is 44.0 Å². The van der Waals surface area contributed by atoms with Gasteiger partial charge in [-0.15, -0.1) is 0 Å². The highest BCUT2D eigenvalue weighted by atomic mass is 16.3. The third kappa shape index (κ3) is 13.1. The molecule has 1 aliphatic rings. The van der Waals surface area contributed by atoms with Gasteiger partial charge in [0, 0.05) is 11.1 Å². The fraction of sp³-hybridized carbons (Fsp3) is 0.393. The van der Waals surface area contributed by atoms with Crippen molar-refractivity contribution < 1.29 is 9.90 Å². The smallest absolute Gasteiger partial charge is 0.228 e. The van der Waals surface area contributed by atoms with Gasteiger partial charge < -0.3 is 20.4 Å². The maximum Gasteiger partial charge on any atom is 0.228 e. The van der Waals surface area contributed by atoms with Gasteiger partial charge in [0.25, 0.3) is 0 Å². The van der Waals surface area contributed by atoms with Gasteiger partial charge in [0.1, 0.15) is 23.5 Å². The molecular weight excluding hydrogens is 845 g/mol. The molecule has 0 saturated heterocycles. The highest BCUT2D eigenvalue weighted by Gasteiger charge is 2.22. The molecule has 6 N–H and O–H groups in total. The minimum Gasteiger partial charge on any atom is -0.388 e. The number of aliphatic hydroxyl groups excluding tert-OH is 1. The Kier molecular flexibility index (Phi) is 14.8. The number of amides is 1. The van der Waals surface area contributed by atoms with E-state index < -0.39 is 0 Å². The maximum absolute atomic E-state index is 11.1. The molecule has 4 aromatic heterocycles. The number of aliphatic hydroxyl groups is 1. The van der Waals surface area contributed by atoms with Crippen LogP contribution >= 0.6 is 0 Å². The van der Waals surface area contributed by atoms with Gasteiger partial charge in [0.05, 0.1) is 46.5 Å². The summed E-state index contributed by atoms with van der Waals surface area (Å²) in [6, 6.07) is 31.4. The number of hydrogen-bond donors (Lipinski definition) is 6. The van der Waals surface area contributed by atoms with Crippen molar-refractivity contribution in [2.45, 2.75) is 144 Å². The van der Waals surface area contributed by atoms with E-state index in [1.165, 1.54) is 33.2 Å². The molecule has 0 aliphatic carbocycles. The van der Waals surface area contributed by atoms with Crippen LogP contribution < -0.4 is 5.32 Å². The summed E-state index contributed by atoms with van der Waals surface area (Å²) in [5, 5.41) is 30.7. The average Bonchev–Trinajstić information content (AvgIpc) is 4.11. The third-order valence-electron chi connectivity index (χ3n) is 11.9. The van der Waals surface area contributed by atoms with Crippen molar-refractivity contribution in [3.63, 3.8) is 0 Å². The summed E-state index contributed by atoms with van der Waals surface area (Å²) < 4.78 is 0. The van der Waals surface area contributed by atoms with Gasteiger partial charge >= 0.3 is 0 Å². The standard InChI is InChI=1S/C12H16N2O.C12H15NO.2C11H14N2.C10H13N3/c1-12(2,3)8-4-5-9-10(6-8)14-11(7-15)13-9;1-12(2,3)9-5-4-8-6-11(14)13-10(8)7-9;1-11(2,3)9-5-4-8-7-12-13-10(8)6-9;1-11(2,3)8-4-5-9-10(6-8)13-7-12-9;1-10(2,3)7-4-5-8-9(6-7)12-13-11-8/h4-6,15H,7H2,1-3H3,(H,13,14);4-5,7H,6H2,1-3H3,(H,13,14);2*4-7H,1-3H3,(H,12,13);4-6H,1-3H3,(H,11,12,13). The number of benzene rings is 5. The van der Waals surface area contributed by atoms with Crippen LogP contribution in [0.4, 0.5) is 5.69 Å². The van der Waals surface area contributed by atoms with Crippen molar-refractivity contribution in [1.82, 2.24) is 45.5 Å². The van der Waals surface area contributed by atoms with Gasteiger partial charge in [0.15, 0.2) is 0 Å². The Labute approximate surface area is 401 Å². The van der Waals surface area contributed by atoms with Gasteiger partial charge in [-0.25, -0.2) is 9.97 Å². The van der Waals surface area contributed by atoms with Crippen molar-refractivity contribution in [3.05, 3.63) is 143 Å². The van der Waals surface area contributed by atoms with E-state index in [4.69, 9.17) is 5.11 Å². The van der Waals surface area contributed by atoms with Crippen LogP contribution in [-0.2, 0) is 44.9 Å². The third-order valence-corrected chi connectivity index (χ3v) is 11.9. The first kappa shape index (κ1) is 50.7. The van der Waals surface area contributed by atoms with Crippen molar-refractivity contribution in [2.24, 2.45) is 0 Å².